The van der Waals surface area contributed by atoms with Crippen LogP contribution in [0.2, 0.25) is 0 Å². The van der Waals surface area contributed by atoms with E-state index in [4.69, 9.17) is 9.47 Å². The maximum atomic E-state index is 13.0. The van der Waals surface area contributed by atoms with Crippen molar-refractivity contribution in [3.63, 3.8) is 0 Å². The number of carbonyl (C=O) groups excluding carboxylic acids is 4. The normalized spacial score (nSPS) is 21.0. The van der Waals surface area contributed by atoms with Crippen molar-refractivity contribution in [3.8, 4) is 0 Å². The number of nitrogens with zero attached hydrogens (tertiary/aromatic N) is 2. The van der Waals surface area contributed by atoms with Gasteiger partial charge >= 0.3 is 12.2 Å². The first-order chi connectivity index (χ1) is 16.9. The molecule has 11 nitrogen and oxygen atoms in total. The molecule has 37 heavy (non-hydrogen) atoms. The molecule has 0 heterocycles. The van der Waals surface area contributed by atoms with Gasteiger partial charge in [-0.1, -0.05) is 31.7 Å². The van der Waals surface area contributed by atoms with Gasteiger partial charge in [0.05, 0.1) is 13.1 Å². The highest BCUT2D eigenvalue weighted by molar-refractivity contribution is 5.84. The summed E-state index contributed by atoms with van der Waals surface area (Å²) >= 11 is 0. The Hall–Kier alpha value is -2.85. The van der Waals surface area contributed by atoms with Crippen LogP contribution in [-0.2, 0) is 19.1 Å². The zero-order valence-electron chi connectivity index (χ0n) is 24.0. The summed E-state index contributed by atoms with van der Waals surface area (Å²) in [6.07, 6.45) is 1.84. The summed E-state index contributed by atoms with van der Waals surface area (Å²) in [5.41, 5.74) is -1.63. The minimum atomic E-state index is -1.16. The highest BCUT2D eigenvalue weighted by Crippen LogP contribution is 2.35. The molecule has 0 aromatic carbocycles. The molecule has 1 aliphatic carbocycles. The number of carboxylic acid groups (broad SMARTS) is 1. The van der Waals surface area contributed by atoms with Gasteiger partial charge in [0, 0.05) is 30.8 Å². The van der Waals surface area contributed by atoms with E-state index in [0.717, 1.165) is 22.9 Å². The van der Waals surface area contributed by atoms with E-state index in [2.05, 4.69) is 10.3 Å². The summed E-state index contributed by atoms with van der Waals surface area (Å²) < 4.78 is 10.9. The number of rotatable bonds is 8. The average molecular weight is 527 g/mol. The number of carbonyl (C=O) groups is 4. The SMILES string of the molecule is CCC(CC)C(NC(C)=O)C1CC(C(=O)[O-])CC1[NH+]=CN(C(=O)OC(C)(C)C)N(C)C(=O)OC(C)(C)C. The van der Waals surface area contributed by atoms with Gasteiger partial charge < -0.3 is 24.7 Å². The Morgan fingerprint density at radius 1 is 1.00 bits per heavy atom. The summed E-state index contributed by atoms with van der Waals surface area (Å²) in [5, 5.41) is 16.8. The van der Waals surface area contributed by atoms with Gasteiger partial charge in [-0.2, -0.15) is 4.79 Å². The maximum Gasteiger partial charge on any atom is 0.532 e. The number of amides is 3. The van der Waals surface area contributed by atoms with E-state index >= 15 is 0 Å². The fraction of sp³-hybridized carbons (Fsp3) is 0.808. The Bertz CT molecular complexity index is 843. The minimum absolute atomic E-state index is 0.130. The molecular formula is C26H46N4O7. The Morgan fingerprint density at radius 3 is 1.95 bits per heavy atom. The van der Waals surface area contributed by atoms with Crippen molar-refractivity contribution in [2.24, 2.45) is 17.8 Å². The lowest BCUT2D eigenvalue weighted by Crippen LogP contribution is -2.81. The number of ether oxygens (including phenoxy) is 2. The van der Waals surface area contributed by atoms with Gasteiger partial charge in [-0.25, -0.2) is 4.79 Å². The van der Waals surface area contributed by atoms with Gasteiger partial charge in [0.2, 0.25) is 5.91 Å². The molecule has 0 saturated heterocycles. The molecule has 1 aliphatic rings. The maximum absolute atomic E-state index is 13.0. The van der Waals surface area contributed by atoms with Crippen LogP contribution in [0, 0.1) is 17.8 Å². The summed E-state index contributed by atoms with van der Waals surface area (Å²) in [6, 6.07) is -0.696. The Labute approximate surface area is 220 Å². The van der Waals surface area contributed by atoms with Crippen molar-refractivity contribution >= 4 is 30.4 Å². The molecule has 1 rings (SSSR count). The second kappa shape index (κ2) is 13.1. The summed E-state index contributed by atoms with van der Waals surface area (Å²) in [6.45, 7) is 15.7. The molecule has 0 spiro atoms. The van der Waals surface area contributed by atoms with Crippen LogP contribution in [0.4, 0.5) is 9.59 Å². The van der Waals surface area contributed by atoms with Crippen LogP contribution in [0.25, 0.3) is 0 Å². The third-order valence-corrected chi connectivity index (χ3v) is 6.31. The van der Waals surface area contributed by atoms with Crippen molar-refractivity contribution in [1.82, 2.24) is 15.3 Å². The van der Waals surface area contributed by atoms with Crippen molar-refractivity contribution in [1.29, 1.82) is 0 Å². The van der Waals surface area contributed by atoms with E-state index in [1.807, 2.05) is 13.8 Å². The predicted molar refractivity (Wildman–Crippen MR) is 136 cm³/mol. The number of hydrogen-bond donors (Lipinski definition) is 2. The standard InChI is InChI=1S/C26H46N4O7/c1-11-17(12-2)21(28-16(3)31)19-13-18(22(32)33)14-20(19)27-15-30(24(35)37-26(7,8)9)29(10)23(34)36-25(4,5)6/h15,17-21H,11-14H2,1-10H3,(H,28,31)(H,32,33). The van der Waals surface area contributed by atoms with Gasteiger partial charge in [-0.05, 0) is 60.3 Å². The lowest BCUT2D eigenvalue weighted by molar-refractivity contribution is -0.512. The Kier molecular flexibility index (Phi) is 11.4. The van der Waals surface area contributed by atoms with Crippen molar-refractivity contribution in [2.45, 2.75) is 111 Å². The zero-order chi connectivity index (χ0) is 28.7. The summed E-state index contributed by atoms with van der Waals surface area (Å²) in [5.74, 6) is -2.20. The average Bonchev–Trinajstić information content (AvgIpc) is 3.15. The lowest BCUT2D eigenvalue weighted by Gasteiger charge is -2.33. The fourth-order valence-electron chi connectivity index (χ4n) is 4.61. The first kappa shape index (κ1) is 32.2. The van der Waals surface area contributed by atoms with Crippen LogP contribution in [0.15, 0.2) is 0 Å². The molecule has 2 N–H and O–H groups in total. The number of hydrogen-bond acceptors (Lipinski definition) is 7. The number of hydrazine groups is 1. The highest BCUT2D eigenvalue weighted by Gasteiger charge is 2.44. The number of carboxylic acids is 1. The minimum Gasteiger partial charge on any atom is -0.550 e. The quantitative estimate of drug-likeness (QED) is 0.275. The third-order valence-electron chi connectivity index (χ3n) is 6.31. The van der Waals surface area contributed by atoms with Crippen molar-refractivity contribution in [3.05, 3.63) is 0 Å². The second-order valence-corrected chi connectivity index (χ2v) is 11.7. The van der Waals surface area contributed by atoms with Crippen LogP contribution < -0.4 is 15.4 Å². The molecule has 0 bridgehead atoms. The van der Waals surface area contributed by atoms with Crippen LogP contribution in [0.5, 0.6) is 0 Å². The van der Waals surface area contributed by atoms with E-state index in [9.17, 15) is 24.3 Å². The lowest BCUT2D eigenvalue weighted by atomic mass is 9.81. The highest BCUT2D eigenvalue weighted by atomic mass is 16.6. The fourth-order valence-corrected chi connectivity index (χ4v) is 4.61. The van der Waals surface area contributed by atoms with Gasteiger partial charge in [-0.3, -0.25) is 9.79 Å². The largest absolute Gasteiger partial charge is 0.550 e. The van der Waals surface area contributed by atoms with Crippen molar-refractivity contribution < 1.29 is 38.8 Å². The smallest absolute Gasteiger partial charge is 0.532 e. The van der Waals surface area contributed by atoms with E-state index in [0.29, 0.717) is 6.42 Å². The first-order valence-corrected chi connectivity index (χ1v) is 13.0. The van der Waals surface area contributed by atoms with Crippen molar-refractivity contribution in [2.75, 3.05) is 7.05 Å². The molecule has 1 fully saturated rings. The van der Waals surface area contributed by atoms with E-state index in [-0.39, 0.29) is 30.2 Å². The van der Waals surface area contributed by atoms with Crippen LogP contribution in [0.3, 0.4) is 0 Å². The molecule has 0 aromatic heterocycles. The van der Waals surface area contributed by atoms with Crippen LogP contribution in [-0.4, -0.2) is 70.8 Å². The van der Waals surface area contributed by atoms with E-state index in [1.165, 1.54) is 20.3 Å². The van der Waals surface area contributed by atoms with Gasteiger partial charge in [-0.15, -0.1) is 5.01 Å². The van der Waals surface area contributed by atoms with Gasteiger partial charge in [0.15, 0.2) is 0 Å². The third kappa shape index (κ3) is 10.2. The van der Waals surface area contributed by atoms with Crippen LogP contribution in [0.1, 0.15) is 88.0 Å². The molecule has 4 atom stereocenters. The number of nitrogens with one attached hydrogen (secondary N) is 2. The second-order valence-electron chi connectivity index (χ2n) is 11.7. The molecule has 0 radical (unpaired) electrons. The van der Waals surface area contributed by atoms with E-state index in [1.54, 1.807) is 41.5 Å². The Balaban J connectivity index is 3.41. The van der Waals surface area contributed by atoms with Gasteiger partial charge in [0.1, 0.15) is 11.2 Å². The molecule has 0 aromatic rings. The first-order valence-electron chi connectivity index (χ1n) is 13.0. The molecular weight excluding hydrogens is 480 g/mol. The summed E-state index contributed by atoms with van der Waals surface area (Å²) in [7, 11) is 1.37. The predicted octanol–water partition coefficient (Wildman–Crippen LogP) is 1.20. The number of aliphatic carboxylic acids is 1. The molecule has 11 heteroatoms. The molecule has 4 unspecified atom stereocenters. The zero-order valence-corrected chi connectivity index (χ0v) is 24.0. The van der Waals surface area contributed by atoms with Crippen LogP contribution >= 0.6 is 0 Å². The molecule has 0 aliphatic heterocycles. The topological polar surface area (TPSA) is 142 Å². The van der Waals surface area contributed by atoms with E-state index < -0.39 is 41.3 Å². The molecule has 3 amide bonds. The summed E-state index contributed by atoms with van der Waals surface area (Å²) in [4.78, 5) is 52.7. The van der Waals surface area contributed by atoms with Gasteiger partial charge in [0.25, 0.3) is 6.34 Å². The Morgan fingerprint density at radius 2 is 1.51 bits per heavy atom. The molecule has 212 valence electrons. The monoisotopic (exact) mass is 526 g/mol. The molecule has 1 saturated carbocycles.